The number of likely N-dealkylation sites (tertiary alicyclic amines) is 1. The summed E-state index contributed by atoms with van der Waals surface area (Å²) in [5, 5.41) is 0. The molecule has 0 bridgehead atoms. The molecular formula is C17H20FNO3. The van der Waals surface area contributed by atoms with E-state index in [2.05, 4.69) is 0 Å². The van der Waals surface area contributed by atoms with E-state index < -0.39 is 5.97 Å². The van der Waals surface area contributed by atoms with Gasteiger partial charge >= 0.3 is 5.97 Å². The zero-order valence-electron chi connectivity index (χ0n) is 12.5. The van der Waals surface area contributed by atoms with Crippen LogP contribution in [0, 0.1) is 5.82 Å². The molecule has 4 nitrogen and oxygen atoms in total. The largest absolute Gasteiger partial charge is 0.452 e. The molecule has 0 aromatic heterocycles. The van der Waals surface area contributed by atoms with Gasteiger partial charge < -0.3 is 9.64 Å². The van der Waals surface area contributed by atoms with Crippen molar-refractivity contribution in [2.24, 2.45) is 0 Å². The zero-order valence-corrected chi connectivity index (χ0v) is 12.5. The Morgan fingerprint density at radius 2 is 1.73 bits per heavy atom. The highest BCUT2D eigenvalue weighted by Crippen LogP contribution is 2.10. The number of rotatable bonds is 4. The van der Waals surface area contributed by atoms with Crippen molar-refractivity contribution in [3.05, 3.63) is 41.7 Å². The van der Waals surface area contributed by atoms with Crippen LogP contribution in [0.25, 0.3) is 6.08 Å². The molecular weight excluding hydrogens is 285 g/mol. The van der Waals surface area contributed by atoms with E-state index in [1.165, 1.54) is 24.3 Å². The van der Waals surface area contributed by atoms with Crippen LogP contribution in [-0.2, 0) is 14.3 Å². The lowest BCUT2D eigenvalue weighted by atomic mass is 10.2. The number of amides is 1. The number of hydrogen-bond donors (Lipinski definition) is 0. The summed E-state index contributed by atoms with van der Waals surface area (Å²) in [7, 11) is 0. The fraction of sp³-hybridized carbons (Fsp3) is 0.412. The Balaban J connectivity index is 1.76. The van der Waals surface area contributed by atoms with E-state index in [1.807, 2.05) is 0 Å². The van der Waals surface area contributed by atoms with E-state index in [9.17, 15) is 14.0 Å². The second kappa shape index (κ2) is 8.32. The Kier molecular flexibility index (Phi) is 6.13. The lowest BCUT2D eigenvalue weighted by molar-refractivity contribution is -0.148. The minimum Gasteiger partial charge on any atom is -0.452 e. The normalized spacial score (nSPS) is 15.6. The molecule has 118 valence electrons. The van der Waals surface area contributed by atoms with E-state index in [0.29, 0.717) is 5.56 Å². The number of hydrogen-bond acceptors (Lipinski definition) is 3. The molecule has 5 heteroatoms. The van der Waals surface area contributed by atoms with Crippen LogP contribution in [0.1, 0.15) is 31.2 Å². The van der Waals surface area contributed by atoms with Crippen molar-refractivity contribution in [2.75, 3.05) is 19.7 Å². The second-order valence-corrected chi connectivity index (χ2v) is 5.29. The summed E-state index contributed by atoms with van der Waals surface area (Å²) in [6.45, 7) is 1.25. The standard InChI is InChI=1S/C17H20FNO3/c18-15-8-5-14(6-9-15)7-10-17(21)22-13-16(20)19-11-3-1-2-4-12-19/h5-10H,1-4,11-13H2. The molecule has 0 N–H and O–H groups in total. The first kappa shape index (κ1) is 16.2. The van der Waals surface area contributed by atoms with Crippen molar-refractivity contribution in [2.45, 2.75) is 25.7 Å². The molecule has 1 heterocycles. The van der Waals surface area contributed by atoms with E-state index in [0.717, 1.165) is 38.8 Å². The molecule has 1 aliphatic heterocycles. The molecule has 1 aromatic rings. The predicted octanol–water partition coefficient (Wildman–Crippen LogP) is 2.78. The lowest BCUT2D eigenvalue weighted by Crippen LogP contribution is -2.35. The van der Waals surface area contributed by atoms with Gasteiger partial charge in [0.15, 0.2) is 6.61 Å². The predicted molar refractivity (Wildman–Crippen MR) is 81.4 cm³/mol. The van der Waals surface area contributed by atoms with Gasteiger partial charge in [-0.15, -0.1) is 0 Å². The Hall–Kier alpha value is -2.17. The first-order chi connectivity index (χ1) is 10.6. The number of halogens is 1. The van der Waals surface area contributed by atoms with Gasteiger partial charge in [0, 0.05) is 19.2 Å². The van der Waals surface area contributed by atoms with E-state index in [4.69, 9.17) is 4.74 Å². The van der Waals surface area contributed by atoms with Crippen LogP contribution >= 0.6 is 0 Å². The number of esters is 1. The summed E-state index contributed by atoms with van der Waals surface area (Å²) in [5.74, 6) is -1.05. The summed E-state index contributed by atoms with van der Waals surface area (Å²) < 4.78 is 17.7. The van der Waals surface area contributed by atoms with Crippen molar-refractivity contribution in [3.8, 4) is 0 Å². The first-order valence-electron chi connectivity index (χ1n) is 7.53. The number of carbonyl (C=O) groups excluding carboxylic acids is 2. The Labute approximate surface area is 129 Å². The van der Waals surface area contributed by atoms with Gasteiger partial charge in [0.1, 0.15) is 5.82 Å². The Morgan fingerprint density at radius 3 is 2.36 bits per heavy atom. The third-order valence-corrected chi connectivity index (χ3v) is 3.58. The fourth-order valence-electron chi connectivity index (χ4n) is 2.33. The average molecular weight is 305 g/mol. The molecule has 0 spiro atoms. The molecule has 1 saturated heterocycles. The zero-order chi connectivity index (χ0) is 15.8. The van der Waals surface area contributed by atoms with Crippen LogP contribution < -0.4 is 0 Å². The number of carbonyl (C=O) groups is 2. The molecule has 0 aliphatic carbocycles. The third kappa shape index (κ3) is 5.31. The minimum atomic E-state index is -0.576. The second-order valence-electron chi connectivity index (χ2n) is 5.29. The minimum absolute atomic E-state index is 0.148. The third-order valence-electron chi connectivity index (χ3n) is 3.58. The van der Waals surface area contributed by atoms with Crippen LogP contribution in [0.5, 0.6) is 0 Å². The smallest absolute Gasteiger partial charge is 0.331 e. The molecule has 0 unspecified atom stereocenters. The van der Waals surface area contributed by atoms with Gasteiger partial charge in [0.05, 0.1) is 0 Å². The van der Waals surface area contributed by atoms with Crippen LogP contribution in [0.15, 0.2) is 30.3 Å². The average Bonchev–Trinajstić information content (AvgIpc) is 2.81. The van der Waals surface area contributed by atoms with E-state index in [1.54, 1.807) is 17.0 Å². The topological polar surface area (TPSA) is 46.6 Å². The molecule has 22 heavy (non-hydrogen) atoms. The van der Waals surface area contributed by atoms with E-state index in [-0.39, 0.29) is 18.3 Å². The molecule has 0 radical (unpaired) electrons. The Morgan fingerprint density at radius 1 is 1.09 bits per heavy atom. The highest BCUT2D eigenvalue weighted by molar-refractivity contribution is 5.89. The van der Waals surface area contributed by atoms with Crippen molar-refractivity contribution in [1.82, 2.24) is 4.90 Å². The van der Waals surface area contributed by atoms with Crippen molar-refractivity contribution < 1.29 is 18.7 Å². The summed E-state index contributed by atoms with van der Waals surface area (Å²) in [6, 6.07) is 5.74. The van der Waals surface area contributed by atoms with Gasteiger partial charge in [0.2, 0.25) is 0 Å². The number of benzene rings is 1. The van der Waals surface area contributed by atoms with Gasteiger partial charge in [-0.05, 0) is 36.6 Å². The van der Waals surface area contributed by atoms with Crippen molar-refractivity contribution >= 4 is 18.0 Å². The van der Waals surface area contributed by atoms with Gasteiger partial charge in [-0.25, -0.2) is 9.18 Å². The van der Waals surface area contributed by atoms with Gasteiger partial charge in [0.25, 0.3) is 5.91 Å². The van der Waals surface area contributed by atoms with Crippen LogP contribution in [0.4, 0.5) is 4.39 Å². The molecule has 1 fully saturated rings. The van der Waals surface area contributed by atoms with Gasteiger partial charge in [-0.2, -0.15) is 0 Å². The molecule has 0 saturated carbocycles. The number of nitrogens with zero attached hydrogens (tertiary/aromatic N) is 1. The first-order valence-corrected chi connectivity index (χ1v) is 7.53. The SMILES string of the molecule is O=C(C=Cc1ccc(F)cc1)OCC(=O)N1CCCCCC1. The summed E-state index contributed by atoms with van der Waals surface area (Å²) in [6.07, 6.45) is 7.06. The van der Waals surface area contributed by atoms with Crippen LogP contribution in [-0.4, -0.2) is 36.5 Å². The maximum atomic E-state index is 12.7. The van der Waals surface area contributed by atoms with Crippen LogP contribution in [0.2, 0.25) is 0 Å². The lowest BCUT2D eigenvalue weighted by Gasteiger charge is -2.19. The molecule has 0 atom stereocenters. The molecule has 1 aromatic carbocycles. The van der Waals surface area contributed by atoms with E-state index >= 15 is 0 Å². The summed E-state index contributed by atoms with van der Waals surface area (Å²) >= 11 is 0. The molecule has 2 rings (SSSR count). The van der Waals surface area contributed by atoms with Gasteiger partial charge in [-0.3, -0.25) is 4.79 Å². The Bertz CT molecular complexity index is 531. The quantitative estimate of drug-likeness (QED) is 0.635. The van der Waals surface area contributed by atoms with Crippen LogP contribution in [0.3, 0.4) is 0 Å². The summed E-state index contributed by atoms with van der Waals surface area (Å²) in [4.78, 5) is 25.3. The monoisotopic (exact) mass is 305 g/mol. The summed E-state index contributed by atoms with van der Waals surface area (Å²) in [5.41, 5.74) is 0.692. The van der Waals surface area contributed by atoms with Gasteiger partial charge in [-0.1, -0.05) is 25.0 Å². The molecule has 1 aliphatic rings. The molecule has 1 amide bonds. The maximum absolute atomic E-state index is 12.7. The highest BCUT2D eigenvalue weighted by Gasteiger charge is 2.16. The number of ether oxygens (including phenoxy) is 1. The van der Waals surface area contributed by atoms with Crippen molar-refractivity contribution in [1.29, 1.82) is 0 Å². The van der Waals surface area contributed by atoms with Crippen molar-refractivity contribution in [3.63, 3.8) is 0 Å². The maximum Gasteiger partial charge on any atom is 0.331 e. The highest BCUT2D eigenvalue weighted by atomic mass is 19.1. The fourth-order valence-corrected chi connectivity index (χ4v) is 2.33.